The van der Waals surface area contributed by atoms with Gasteiger partial charge in [0, 0.05) is 27.4 Å². The number of thiophene rings is 1. The van der Waals surface area contributed by atoms with Gasteiger partial charge >= 0.3 is 0 Å². The number of aryl methyl sites for hydroxylation is 1. The fourth-order valence-electron chi connectivity index (χ4n) is 1.85. The Bertz CT molecular complexity index is 671. The van der Waals surface area contributed by atoms with E-state index in [2.05, 4.69) is 40.6 Å². The van der Waals surface area contributed by atoms with Crippen molar-refractivity contribution in [1.82, 2.24) is 9.97 Å². The molecule has 0 spiro atoms. The molecule has 0 saturated heterocycles. The Balaban J connectivity index is 1.90. The van der Waals surface area contributed by atoms with Crippen LogP contribution >= 0.6 is 22.7 Å². The predicted octanol–water partition coefficient (Wildman–Crippen LogP) is 4.23. The summed E-state index contributed by atoms with van der Waals surface area (Å²) < 4.78 is 1.26. The highest BCUT2D eigenvalue weighted by Crippen LogP contribution is 2.29. The third-order valence-electron chi connectivity index (χ3n) is 2.74. The molecule has 1 atom stereocenters. The first kappa shape index (κ1) is 11.6. The van der Waals surface area contributed by atoms with Crippen LogP contribution in [-0.4, -0.2) is 9.97 Å². The Morgan fingerprint density at radius 1 is 1.28 bits per heavy atom. The minimum Gasteiger partial charge on any atom is -0.361 e. The minimum absolute atomic E-state index is 0.182. The van der Waals surface area contributed by atoms with E-state index >= 15 is 0 Å². The fraction of sp³-hybridized carbons (Fsp3) is 0.231. The van der Waals surface area contributed by atoms with Crippen LogP contribution in [0.5, 0.6) is 0 Å². The lowest BCUT2D eigenvalue weighted by atomic mass is 10.3. The molecule has 18 heavy (non-hydrogen) atoms. The molecule has 0 fully saturated rings. The molecule has 0 aliphatic heterocycles. The van der Waals surface area contributed by atoms with Gasteiger partial charge in [-0.05, 0) is 31.4 Å². The molecule has 5 heteroatoms. The number of nitrogens with zero attached hydrogens (tertiary/aromatic N) is 2. The fourth-order valence-corrected chi connectivity index (χ4v) is 3.41. The highest BCUT2D eigenvalue weighted by atomic mass is 32.1. The average Bonchev–Trinajstić information content (AvgIpc) is 2.97. The van der Waals surface area contributed by atoms with E-state index < -0.39 is 0 Å². The molecule has 1 N–H and O–H groups in total. The van der Waals surface area contributed by atoms with Crippen LogP contribution in [0.15, 0.2) is 29.9 Å². The summed E-state index contributed by atoms with van der Waals surface area (Å²) in [5, 5.41) is 7.82. The SMILES string of the molecule is Cc1cnc(C(C)Nc2nccc3sccc23)s1. The minimum atomic E-state index is 0.182. The molecule has 0 radical (unpaired) electrons. The van der Waals surface area contributed by atoms with Crippen LogP contribution in [0.25, 0.3) is 10.1 Å². The van der Waals surface area contributed by atoms with Crippen LogP contribution < -0.4 is 5.32 Å². The van der Waals surface area contributed by atoms with Gasteiger partial charge < -0.3 is 5.32 Å². The lowest BCUT2D eigenvalue weighted by Gasteiger charge is -2.12. The van der Waals surface area contributed by atoms with Crippen molar-refractivity contribution >= 4 is 38.6 Å². The highest BCUT2D eigenvalue weighted by Gasteiger charge is 2.11. The number of pyridine rings is 1. The number of hydrogen-bond acceptors (Lipinski definition) is 5. The molecule has 0 aliphatic carbocycles. The van der Waals surface area contributed by atoms with E-state index in [9.17, 15) is 0 Å². The first-order valence-corrected chi connectivity index (χ1v) is 7.45. The van der Waals surface area contributed by atoms with Gasteiger partial charge in [0.05, 0.1) is 6.04 Å². The standard InChI is InChI=1S/C13H13N3S2/c1-8-7-15-13(18-8)9(2)16-12-10-4-6-17-11(10)3-5-14-12/h3-7,9H,1-2H3,(H,14,16). The van der Waals surface area contributed by atoms with Crippen molar-refractivity contribution in [3.8, 4) is 0 Å². The summed E-state index contributed by atoms with van der Waals surface area (Å²) in [4.78, 5) is 10.1. The zero-order valence-corrected chi connectivity index (χ0v) is 11.8. The van der Waals surface area contributed by atoms with Gasteiger partial charge in [-0.1, -0.05) is 0 Å². The third-order valence-corrected chi connectivity index (χ3v) is 4.72. The number of aromatic nitrogens is 2. The lowest BCUT2D eigenvalue weighted by molar-refractivity contribution is 0.863. The number of thiazole rings is 1. The van der Waals surface area contributed by atoms with E-state index in [4.69, 9.17) is 0 Å². The van der Waals surface area contributed by atoms with Crippen molar-refractivity contribution < 1.29 is 0 Å². The molecule has 1 unspecified atom stereocenters. The summed E-state index contributed by atoms with van der Waals surface area (Å²) in [5.74, 6) is 0.939. The normalized spacial score (nSPS) is 12.8. The van der Waals surface area contributed by atoms with Gasteiger partial charge in [0.25, 0.3) is 0 Å². The Labute approximate surface area is 114 Å². The molecule has 0 saturated carbocycles. The topological polar surface area (TPSA) is 37.8 Å². The quantitative estimate of drug-likeness (QED) is 0.777. The van der Waals surface area contributed by atoms with Crippen LogP contribution in [0.3, 0.4) is 0 Å². The molecule has 0 aromatic carbocycles. The van der Waals surface area contributed by atoms with E-state index in [0.29, 0.717) is 0 Å². The molecule has 3 rings (SSSR count). The summed E-state index contributed by atoms with van der Waals surface area (Å²) in [6.07, 6.45) is 3.76. The number of fused-ring (bicyclic) bond motifs is 1. The number of rotatable bonds is 3. The van der Waals surface area contributed by atoms with Crippen molar-refractivity contribution in [3.63, 3.8) is 0 Å². The maximum atomic E-state index is 4.42. The molecule has 3 aromatic heterocycles. The van der Waals surface area contributed by atoms with Crippen molar-refractivity contribution in [2.24, 2.45) is 0 Å². The molecule has 0 aliphatic rings. The van der Waals surface area contributed by atoms with Crippen LogP contribution in [-0.2, 0) is 0 Å². The van der Waals surface area contributed by atoms with Gasteiger partial charge in [-0.2, -0.15) is 0 Å². The Kier molecular flexibility index (Phi) is 3.01. The van der Waals surface area contributed by atoms with E-state index in [0.717, 1.165) is 10.8 Å². The summed E-state index contributed by atoms with van der Waals surface area (Å²) in [6.45, 7) is 4.19. The molecule has 92 valence electrons. The number of hydrogen-bond donors (Lipinski definition) is 1. The van der Waals surface area contributed by atoms with Crippen LogP contribution in [0, 0.1) is 6.92 Å². The summed E-state index contributed by atoms with van der Waals surface area (Å²) in [5.41, 5.74) is 0. The summed E-state index contributed by atoms with van der Waals surface area (Å²) >= 11 is 3.46. The molecular formula is C13H13N3S2. The molecule has 3 nitrogen and oxygen atoms in total. The monoisotopic (exact) mass is 275 g/mol. The molecule has 0 bridgehead atoms. The lowest BCUT2D eigenvalue weighted by Crippen LogP contribution is -2.07. The Morgan fingerprint density at radius 2 is 2.17 bits per heavy atom. The van der Waals surface area contributed by atoms with Crippen LogP contribution in [0.1, 0.15) is 22.9 Å². The van der Waals surface area contributed by atoms with Crippen molar-refractivity contribution in [2.75, 3.05) is 5.32 Å². The maximum Gasteiger partial charge on any atom is 0.135 e. The second-order valence-corrected chi connectivity index (χ2v) is 6.38. The van der Waals surface area contributed by atoms with Crippen LogP contribution in [0.2, 0.25) is 0 Å². The smallest absolute Gasteiger partial charge is 0.135 e. The number of anilines is 1. The molecule has 3 heterocycles. The van der Waals surface area contributed by atoms with E-state index in [1.54, 1.807) is 22.7 Å². The summed E-state index contributed by atoms with van der Waals surface area (Å²) in [7, 11) is 0. The van der Waals surface area contributed by atoms with Gasteiger partial charge in [0.1, 0.15) is 10.8 Å². The van der Waals surface area contributed by atoms with Crippen molar-refractivity contribution in [2.45, 2.75) is 19.9 Å². The second-order valence-electron chi connectivity index (χ2n) is 4.17. The van der Waals surface area contributed by atoms with Gasteiger partial charge in [-0.15, -0.1) is 22.7 Å². The largest absolute Gasteiger partial charge is 0.361 e. The zero-order valence-electron chi connectivity index (χ0n) is 10.2. The maximum absolute atomic E-state index is 4.42. The van der Waals surface area contributed by atoms with Gasteiger partial charge in [0.15, 0.2) is 0 Å². The predicted molar refractivity (Wildman–Crippen MR) is 78.5 cm³/mol. The Hall–Kier alpha value is -1.46. The molecule has 3 aromatic rings. The van der Waals surface area contributed by atoms with Crippen LogP contribution in [0.4, 0.5) is 5.82 Å². The van der Waals surface area contributed by atoms with Crippen molar-refractivity contribution in [3.05, 3.63) is 39.8 Å². The highest BCUT2D eigenvalue weighted by molar-refractivity contribution is 7.17. The van der Waals surface area contributed by atoms with Gasteiger partial charge in [-0.25, -0.2) is 9.97 Å². The summed E-state index contributed by atoms with van der Waals surface area (Å²) in [6, 6.07) is 4.33. The van der Waals surface area contributed by atoms with Gasteiger partial charge in [0.2, 0.25) is 0 Å². The second kappa shape index (κ2) is 4.66. The first-order chi connectivity index (χ1) is 8.74. The number of nitrogens with one attached hydrogen (secondary N) is 1. The third kappa shape index (κ3) is 2.11. The average molecular weight is 275 g/mol. The van der Waals surface area contributed by atoms with Gasteiger partial charge in [-0.3, -0.25) is 0 Å². The first-order valence-electron chi connectivity index (χ1n) is 5.75. The van der Waals surface area contributed by atoms with Crippen molar-refractivity contribution in [1.29, 1.82) is 0 Å². The Morgan fingerprint density at radius 3 is 2.94 bits per heavy atom. The molecule has 0 amide bonds. The van der Waals surface area contributed by atoms with E-state index in [1.807, 2.05) is 18.5 Å². The van der Waals surface area contributed by atoms with E-state index in [-0.39, 0.29) is 6.04 Å². The zero-order chi connectivity index (χ0) is 12.5. The molecular weight excluding hydrogens is 262 g/mol. The van der Waals surface area contributed by atoms with E-state index in [1.165, 1.54) is 15.0 Å².